The fourth-order valence-corrected chi connectivity index (χ4v) is 7.66. The van der Waals surface area contributed by atoms with Gasteiger partial charge in [-0.1, -0.05) is 142 Å². The number of rotatable bonds is 33. The summed E-state index contributed by atoms with van der Waals surface area (Å²) < 4.78 is 54.4. The van der Waals surface area contributed by atoms with Gasteiger partial charge in [0.05, 0.1) is 16.0 Å². The van der Waals surface area contributed by atoms with Gasteiger partial charge in [0.1, 0.15) is 24.4 Å². The van der Waals surface area contributed by atoms with Gasteiger partial charge in [0.2, 0.25) is 7.37 Å². The number of allylic oxidation sites excluding steroid dienone is 2. The second-order valence-electron chi connectivity index (χ2n) is 13.2. The molecule has 0 aromatic carbocycles. The third kappa shape index (κ3) is 19.4. The van der Waals surface area contributed by atoms with Crippen LogP contribution in [-0.2, 0) is 23.3 Å². The molecule has 1 rings (SSSR count). The molecule has 0 spiro atoms. The summed E-state index contributed by atoms with van der Waals surface area (Å²) in [5.74, 6) is -2.14. The summed E-state index contributed by atoms with van der Waals surface area (Å²) in [6, 6.07) is 0. The second kappa shape index (κ2) is 28.2. The van der Waals surface area contributed by atoms with Crippen LogP contribution in [0.1, 0.15) is 151 Å². The predicted octanol–water partition coefficient (Wildman–Crippen LogP) is 9.10. The van der Waals surface area contributed by atoms with Crippen molar-refractivity contribution in [2.24, 2.45) is 0 Å². The van der Waals surface area contributed by atoms with Crippen LogP contribution in [0.4, 0.5) is 0 Å². The van der Waals surface area contributed by atoms with Crippen molar-refractivity contribution < 1.29 is 41.4 Å². The number of ether oxygens (including phenoxy) is 3. The molecule has 7 atom stereocenters. The fraction of sp³-hybridized carbons (Fsp3) is 0.895. The van der Waals surface area contributed by atoms with Crippen molar-refractivity contribution in [3.05, 3.63) is 25.3 Å². The Bertz CT molecular complexity index is 869. The van der Waals surface area contributed by atoms with Gasteiger partial charge in [0.15, 0.2) is 5.79 Å². The van der Waals surface area contributed by atoms with E-state index in [-0.39, 0.29) is 25.4 Å². The number of unbranched alkanes of at least 4 members (excludes halogenated alkanes) is 16. The zero-order valence-corrected chi connectivity index (χ0v) is 30.9. The number of hydrogen-bond donors (Lipinski definition) is 3. The zero-order chi connectivity index (χ0) is 36.4. The van der Waals surface area contributed by atoms with E-state index in [2.05, 4.69) is 27.0 Å². The number of hydrogen-bond acceptors (Lipinski definition) is 8. The molecule has 47 heavy (non-hydrogen) atoms. The van der Waals surface area contributed by atoms with Crippen LogP contribution in [0, 0.1) is 0 Å². The maximum absolute atomic E-state index is 13.2. The van der Waals surface area contributed by atoms with Crippen LogP contribution in [0.2, 0.25) is 0 Å². The molecule has 0 amide bonds. The topological polar surface area (TPSA) is 115 Å². The van der Waals surface area contributed by atoms with Crippen molar-refractivity contribution in [3.8, 4) is 0 Å². The average molecular weight is 691 g/mol. The summed E-state index contributed by atoms with van der Waals surface area (Å²) in [6.07, 6.45) is 19.3. The third-order valence-corrected chi connectivity index (χ3v) is 11.2. The molecule has 1 heterocycles. The van der Waals surface area contributed by atoms with E-state index in [9.17, 15) is 19.9 Å². The van der Waals surface area contributed by atoms with Crippen LogP contribution in [-0.4, -0.2) is 84.2 Å². The van der Waals surface area contributed by atoms with Crippen molar-refractivity contribution in [2.45, 2.75) is 179 Å². The van der Waals surface area contributed by atoms with E-state index in [0.717, 1.165) is 38.5 Å². The normalized spacial score (nSPS) is 25.2. The average Bonchev–Trinajstić information content (AvgIpc) is 3.06. The standard InChI is InChI=1S/C38H73O8P/c1-5-9-11-13-15-17-19-21-23-25-28-43-36-35(40)34(33-39)46-38(41,27-30-45-47(42,31-7-3)32-8-4)37(36)44-29-26-24-22-20-18-16-14-12-10-6-2/h7-8,34-37,39-41H,3-6,9-33H2,1-2H3/t34-,35-,36+,37-,38?/m1/s1/i28D,29D/t28?,29?,34-,35-,36+,37-,38?. The van der Waals surface area contributed by atoms with E-state index < -0.39 is 57.3 Å². The first-order chi connectivity index (χ1) is 23.6. The maximum Gasteiger partial charge on any atom is 0.210 e. The minimum Gasteiger partial charge on any atom is -0.394 e. The molecule has 0 saturated carbocycles. The van der Waals surface area contributed by atoms with Crippen LogP contribution in [0.15, 0.2) is 25.3 Å². The van der Waals surface area contributed by atoms with Crippen molar-refractivity contribution in [2.75, 3.05) is 38.7 Å². The largest absolute Gasteiger partial charge is 0.394 e. The quantitative estimate of drug-likeness (QED) is 0.0355. The highest BCUT2D eigenvalue weighted by molar-refractivity contribution is 7.59. The molecule has 1 aliphatic rings. The molecule has 8 nitrogen and oxygen atoms in total. The Morgan fingerprint density at radius 3 is 1.62 bits per heavy atom. The van der Waals surface area contributed by atoms with Crippen molar-refractivity contribution >= 4 is 7.37 Å². The van der Waals surface area contributed by atoms with Crippen LogP contribution < -0.4 is 0 Å². The van der Waals surface area contributed by atoms with Crippen LogP contribution in [0.25, 0.3) is 0 Å². The maximum atomic E-state index is 13.2. The highest BCUT2D eigenvalue weighted by Gasteiger charge is 2.55. The van der Waals surface area contributed by atoms with E-state index in [1.807, 2.05) is 0 Å². The van der Waals surface area contributed by atoms with E-state index in [1.165, 1.54) is 89.2 Å². The Balaban J connectivity index is 2.93. The minimum absolute atomic E-state index is 0.134. The Hall–Kier alpha value is -0.570. The van der Waals surface area contributed by atoms with Crippen LogP contribution in [0.3, 0.4) is 0 Å². The molecule has 3 N–H and O–H groups in total. The highest BCUT2D eigenvalue weighted by Crippen LogP contribution is 2.47. The van der Waals surface area contributed by atoms with Crippen molar-refractivity contribution in [3.63, 3.8) is 0 Å². The van der Waals surface area contributed by atoms with Gasteiger partial charge in [-0.05, 0) is 12.8 Å². The van der Waals surface area contributed by atoms with Gasteiger partial charge in [-0.25, -0.2) is 0 Å². The molecule has 1 saturated heterocycles. The summed E-state index contributed by atoms with van der Waals surface area (Å²) in [4.78, 5) is 0. The van der Waals surface area contributed by atoms with E-state index in [1.54, 1.807) is 0 Å². The molecule has 3 unspecified atom stereocenters. The highest BCUT2D eigenvalue weighted by atomic mass is 31.2. The van der Waals surface area contributed by atoms with Crippen LogP contribution >= 0.6 is 7.37 Å². The Labute approximate surface area is 291 Å². The molecular formula is C38H73O8P. The van der Waals surface area contributed by atoms with Gasteiger partial charge in [0, 0.05) is 31.9 Å². The lowest BCUT2D eigenvalue weighted by Crippen LogP contribution is -2.67. The molecule has 0 aromatic heterocycles. The van der Waals surface area contributed by atoms with E-state index in [0.29, 0.717) is 12.8 Å². The lowest BCUT2D eigenvalue weighted by Gasteiger charge is -2.49. The lowest BCUT2D eigenvalue weighted by atomic mass is 9.90. The SMILES string of the molecule is [2H]C(CCCCCCCCCCC)O[C@H]1[C@H](O)[C@@H](CO)OC(O)(CCOP(=O)(CC=C)CC=C)[C@@H]1OC([2H])CCCCCCCCCCC. The molecule has 1 fully saturated rings. The first kappa shape index (κ1) is 40.9. The van der Waals surface area contributed by atoms with Gasteiger partial charge >= 0.3 is 0 Å². The van der Waals surface area contributed by atoms with Gasteiger partial charge in [0.25, 0.3) is 0 Å². The second-order valence-corrected chi connectivity index (χ2v) is 15.9. The van der Waals surface area contributed by atoms with Crippen molar-refractivity contribution in [1.29, 1.82) is 0 Å². The lowest BCUT2D eigenvalue weighted by molar-refractivity contribution is -0.364. The molecule has 0 aromatic rings. The summed E-state index contributed by atoms with van der Waals surface area (Å²) in [5, 5.41) is 33.2. The Kier molecular flexibility index (Phi) is 24.5. The van der Waals surface area contributed by atoms with Gasteiger partial charge in [-0.2, -0.15) is 0 Å². The fourth-order valence-electron chi connectivity index (χ4n) is 6.09. The van der Waals surface area contributed by atoms with Crippen molar-refractivity contribution in [1.82, 2.24) is 0 Å². The van der Waals surface area contributed by atoms with E-state index in [4.69, 9.17) is 21.5 Å². The Morgan fingerprint density at radius 1 is 0.766 bits per heavy atom. The molecule has 0 radical (unpaired) electrons. The van der Waals surface area contributed by atoms with Gasteiger partial charge in [-0.15, -0.1) is 13.2 Å². The van der Waals surface area contributed by atoms with Gasteiger partial charge < -0.3 is 34.1 Å². The van der Waals surface area contributed by atoms with Crippen LogP contribution in [0.5, 0.6) is 0 Å². The molecule has 1 aliphatic heterocycles. The summed E-state index contributed by atoms with van der Waals surface area (Å²) in [7, 11) is -3.14. The Morgan fingerprint density at radius 2 is 1.19 bits per heavy atom. The molecule has 9 heteroatoms. The summed E-state index contributed by atoms with van der Waals surface area (Å²) >= 11 is 0. The first-order valence-corrected chi connectivity index (χ1v) is 20.9. The van der Waals surface area contributed by atoms with E-state index >= 15 is 0 Å². The molecule has 278 valence electrons. The molecule has 0 aliphatic carbocycles. The predicted molar refractivity (Wildman–Crippen MR) is 194 cm³/mol. The summed E-state index contributed by atoms with van der Waals surface area (Å²) in [6.45, 7) is 8.93. The summed E-state index contributed by atoms with van der Waals surface area (Å²) in [5.41, 5.74) is 0. The molecular weight excluding hydrogens is 615 g/mol. The third-order valence-electron chi connectivity index (χ3n) is 8.94. The number of aliphatic hydroxyl groups excluding tert-OH is 2. The number of aliphatic hydroxyl groups is 3. The van der Waals surface area contributed by atoms with Gasteiger partial charge in [-0.3, -0.25) is 4.57 Å². The zero-order valence-electron chi connectivity index (χ0n) is 32.0. The minimum atomic E-state index is -3.14. The first-order valence-electron chi connectivity index (χ1n) is 20.0. The molecule has 0 bridgehead atoms. The smallest absolute Gasteiger partial charge is 0.210 e. The monoisotopic (exact) mass is 691 g/mol.